The highest BCUT2D eigenvalue weighted by atomic mass is 16.4. The van der Waals surface area contributed by atoms with Crippen LogP contribution in [0.3, 0.4) is 0 Å². The lowest BCUT2D eigenvalue weighted by Gasteiger charge is -2.17. The topological polar surface area (TPSA) is 75.1 Å². The Morgan fingerprint density at radius 2 is 2.35 bits per heavy atom. The number of rotatable bonds is 5. The summed E-state index contributed by atoms with van der Waals surface area (Å²) >= 11 is 0. The van der Waals surface area contributed by atoms with E-state index in [0.717, 1.165) is 42.8 Å². The maximum Gasteiger partial charge on any atom is 0.305 e. The van der Waals surface area contributed by atoms with Crippen LogP contribution in [0.2, 0.25) is 0 Å². The third-order valence-corrected chi connectivity index (χ3v) is 3.13. The Bertz CT molecular complexity index is 420. The number of nitrogens with zero attached hydrogens (tertiary/aromatic N) is 2. The van der Waals surface area contributed by atoms with Crippen LogP contribution in [0.15, 0.2) is 6.33 Å². The van der Waals surface area contributed by atoms with Crippen LogP contribution in [0.5, 0.6) is 0 Å². The van der Waals surface area contributed by atoms with Crippen LogP contribution in [-0.2, 0) is 17.6 Å². The third-order valence-electron chi connectivity index (χ3n) is 3.13. The molecule has 1 atom stereocenters. The van der Waals surface area contributed by atoms with E-state index in [4.69, 9.17) is 5.11 Å². The van der Waals surface area contributed by atoms with Gasteiger partial charge >= 0.3 is 5.97 Å². The fourth-order valence-electron chi connectivity index (χ4n) is 2.19. The summed E-state index contributed by atoms with van der Waals surface area (Å²) in [5.41, 5.74) is 2.27. The summed E-state index contributed by atoms with van der Waals surface area (Å²) in [5.74, 6) is 0.0376. The second kappa shape index (κ2) is 5.12. The molecule has 2 rings (SSSR count). The van der Waals surface area contributed by atoms with E-state index in [9.17, 15) is 4.79 Å². The monoisotopic (exact) mass is 235 g/mol. The molecule has 0 fully saturated rings. The van der Waals surface area contributed by atoms with E-state index in [-0.39, 0.29) is 12.5 Å². The zero-order valence-electron chi connectivity index (χ0n) is 9.94. The van der Waals surface area contributed by atoms with Crippen LogP contribution in [0.25, 0.3) is 0 Å². The average Bonchev–Trinajstić information content (AvgIpc) is 2.76. The Hall–Kier alpha value is -1.65. The van der Waals surface area contributed by atoms with Gasteiger partial charge in [0.05, 0.1) is 6.42 Å². The van der Waals surface area contributed by atoms with E-state index in [1.807, 2.05) is 6.92 Å². The molecule has 0 amide bonds. The first-order valence-corrected chi connectivity index (χ1v) is 6.01. The van der Waals surface area contributed by atoms with Crippen molar-refractivity contribution in [3.63, 3.8) is 0 Å². The molecular weight excluding hydrogens is 218 g/mol. The third kappa shape index (κ3) is 2.72. The lowest BCUT2D eigenvalue weighted by molar-refractivity contribution is -0.137. The van der Waals surface area contributed by atoms with Gasteiger partial charge in [-0.25, -0.2) is 9.97 Å². The van der Waals surface area contributed by atoms with Crippen LogP contribution in [0, 0.1) is 0 Å². The second-order valence-electron chi connectivity index (χ2n) is 4.35. The summed E-state index contributed by atoms with van der Waals surface area (Å²) in [6.07, 6.45) is 5.54. The molecule has 5 nitrogen and oxygen atoms in total. The molecule has 1 aliphatic rings. The van der Waals surface area contributed by atoms with Gasteiger partial charge in [-0.3, -0.25) is 4.79 Å². The van der Waals surface area contributed by atoms with Crippen molar-refractivity contribution in [3.8, 4) is 0 Å². The van der Waals surface area contributed by atoms with Gasteiger partial charge in [-0.2, -0.15) is 0 Å². The van der Waals surface area contributed by atoms with Gasteiger partial charge in [0.25, 0.3) is 0 Å². The average molecular weight is 235 g/mol. The minimum Gasteiger partial charge on any atom is -0.481 e. The van der Waals surface area contributed by atoms with Crippen LogP contribution in [-0.4, -0.2) is 27.1 Å². The van der Waals surface area contributed by atoms with Gasteiger partial charge < -0.3 is 10.4 Å². The first kappa shape index (κ1) is 11.8. The number of hydrogen-bond donors (Lipinski definition) is 2. The van der Waals surface area contributed by atoms with Crippen molar-refractivity contribution in [2.75, 3.05) is 5.32 Å². The molecule has 1 aromatic rings. The molecule has 1 aliphatic carbocycles. The number of nitrogens with one attached hydrogen (secondary N) is 1. The second-order valence-corrected chi connectivity index (χ2v) is 4.35. The number of aliphatic carboxylic acids is 1. The largest absolute Gasteiger partial charge is 0.481 e. The highest BCUT2D eigenvalue weighted by molar-refractivity contribution is 5.68. The molecule has 92 valence electrons. The van der Waals surface area contributed by atoms with E-state index in [1.54, 1.807) is 6.33 Å². The number of carboxylic acid groups (broad SMARTS) is 1. The molecule has 1 unspecified atom stereocenters. The number of aromatic nitrogens is 2. The van der Waals surface area contributed by atoms with E-state index in [1.165, 1.54) is 0 Å². The Morgan fingerprint density at radius 3 is 3.06 bits per heavy atom. The van der Waals surface area contributed by atoms with Gasteiger partial charge in [-0.05, 0) is 25.7 Å². The summed E-state index contributed by atoms with van der Waals surface area (Å²) in [7, 11) is 0. The number of carboxylic acids is 1. The number of aryl methyl sites for hydroxylation is 1. The highest BCUT2D eigenvalue weighted by Gasteiger charge is 2.19. The lowest BCUT2D eigenvalue weighted by atomic mass is 10.1. The van der Waals surface area contributed by atoms with Crippen LogP contribution < -0.4 is 5.32 Å². The van der Waals surface area contributed by atoms with Gasteiger partial charge in [0.15, 0.2) is 0 Å². The first-order valence-electron chi connectivity index (χ1n) is 6.01. The van der Waals surface area contributed by atoms with Gasteiger partial charge in [0.1, 0.15) is 12.1 Å². The lowest BCUT2D eigenvalue weighted by Crippen LogP contribution is -2.23. The number of carbonyl (C=O) groups is 1. The summed E-state index contributed by atoms with van der Waals surface area (Å²) in [4.78, 5) is 19.2. The molecule has 0 aliphatic heterocycles. The van der Waals surface area contributed by atoms with Crippen molar-refractivity contribution < 1.29 is 9.90 Å². The van der Waals surface area contributed by atoms with Gasteiger partial charge in [0.2, 0.25) is 0 Å². The maximum atomic E-state index is 10.7. The Labute approximate surface area is 100 Å². The fraction of sp³-hybridized carbons (Fsp3) is 0.583. The molecule has 0 bridgehead atoms. The molecule has 1 aromatic heterocycles. The Morgan fingerprint density at radius 1 is 1.53 bits per heavy atom. The first-order chi connectivity index (χ1) is 8.20. The number of hydrogen-bond acceptors (Lipinski definition) is 4. The van der Waals surface area contributed by atoms with Crippen LogP contribution in [0.4, 0.5) is 5.82 Å². The van der Waals surface area contributed by atoms with E-state index in [2.05, 4.69) is 15.3 Å². The number of fused-ring (bicyclic) bond motifs is 1. The summed E-state index contributed by atoms with van der Waals surface area (Å²) in [6, 6.07) is -0.0629. The minimum atomic E-state index is -0.782. The SMILES string of the molecule is CCC(CC(=O)O)Nc1ncnc2c1CCC2. The normalized spacial score (nSPS) is 15.4. The molecular formula is C12H17N3O2. The van der Waals surface area contributed by atoms with Gasteiger partial charge in [-0.15, -0.1) is 0 Å². The molecule has 0 aromatic carbocycles. The predicted molar refractivity (Wildman–Crippen MR) is 64.0 cm³/mol. The van der Waals surface area contributed by atoms with Crippen molar-refractivity contribution in [1.82, 2.24) is 9.97 Å². The smallest absolute Gasteiger partial charge is 0.305 e. The predicted octanol–water partition coefficient (Wildman–Crippen LogP) is 1.63. The summed E-state index contributed by atoms with van der Waals surface area (Å²) < 4.78 is 0. The van der Waals surface area contributed by atoms with E-state index >= 15 is 0 Å². The Balaban J connectivity index is 2.12. The highest BCUT2D eigenvalue weighted by Crippen LogP contribution is 2.26. The molecule has 5 heteroatoms. The fourth-order valence-corrected chi connectivity index (χ4v) is 2.19. The van der Waals surface area contributed by atoms with Crippen molar-refractivity contribution in [2.45, 2.75) is 45.1 Å². The minimum absolute atomic E-state index is 0.0629. The van der Waals surface area contributed by atoms with Gasteiger partial charge in [0, 0.05) is 17.3 Å². The van der Waals surface area contributed by atoms with E-state index in [0.29, 0.717) is 0 Å². The van der Waals surface area contributed by atoms with Crippen molar-refractivity contribution in [3.05, 3.63) is 17.6 Å². The quantitative estimate of drug-likeness (QED) is 0.811. The van der Waals surface area contributed by atoms with Crippen molar-refractivity contribution >= 4 is 11.8 Å². The van der Waals surface area contributed by atoms with E-state index < -0.39 is 5.97 Å². The van der Waals surface area contributed by atoms with Crippen LogP contribution in [0.1, 0.15) is 37.4 Å². The Kier molecular flexibility index (Phi) is 3.56. The molecule has 0 radical (unpaired) electrons. The number of anilines is 1. The standard InChI is InChI=1S/C12H17N3O2/c1-2-8(6-11(16)17)15-12-9-4-3-5-10(9)13-7-14-12/h7-8H,2-6H2,1H3,(H,16,17)(H,13,14,15). The molecule has 1 heterocycles. The maximum absolute atomic E-state index is 10.7. The summed E-state index contributed by atoms with van der Waals surface area (Å²) in [5, 5.41) is 12.0. The summed E-state index contributed by atoms with van der Waals surface area (Å²) in [6.45, 7) is 1.97. The molecule has 0 saturated carbocycles. The molecule has 0 spiro atoms. The molecule has 0 saturated heterocycles. The molecule has 17 heavy (non-hydrogen) atoms. The van der Waals surface area contributed by atoms with Crippen molar-refractivity contribution in [2.24, 2.45) is 0 Å². The van der Waals surface area contributed by atoms with Gasteiger partial charge in [-0.1, -0.05) is 6.92 Å². The zero-order chi connectivity index (χ0) is 12.3. The van der Waals surface area contributed by atoms with Crippen molar-refractivity contribution in [1.29, 1.82) is 0 Å². The zero-order valence-corrected chi connectivity index (χ0v) is 9.94. The van der Waals surface area contributed by atoms with Crippen LogP contribution >= 0.6 is 0 Å². The molecule has 2 N–H and O–H groups in total.